The van der Waals surface area contributed by atoms with E-state index in [9.17, 15) is 4.79 Å². The summed E-state index contributed by atoms with van der Waals surface area (Å²) < 4.78 is 0. The van der Waals surface area contributed by atoms with Gasteiger partial charge in [-0.3, -0.25) is 15.1 Å². The molecular formula is C21H17N5OS. The first-order valence-electron chi connectivity index (χ1n) is 9.06. The van der Waals surface area contributed by atoms with E-state index in [2.05, 4.69) is 25.6 Å². The summed E-state index contributed by atoms with van der Waals surface area (Å²) in [4.78, 5) is 26.7. The van der Waals surface area contributed by atoms with Crippen LogP contribution in [0.4, 0.5) is 5.95 Å². The monoisotopic (exact) mass is 387 g/mol. The zero-order chi connectivity index (χ0) is 18.9. The third kappa shape index (κ3) is 3.26. The van der Waals surface area contributed by atoms with Crippen LogP contribution in [-0.4, -0.2) is 27.4 Å². The molecule has 0 aliphatic carbocycles. The van der Waals surface area contributed by atoms with Crippen LogP contribution in [0.5, 0.6) is 0 Å². The number of carbonyl (C=O) groups is 1. The third-order valence-corrected chi connectivity index (χ3v) is 5.70. The maximum atomic E-state index is 12.7. The number of anilines is 1. The Morgan fingerprint density at radius 2 is 2.07 bits per heavy atom. The summed E-state index contributed by atoms with van der Waals surface area (Å²) in [5.41, 5.74) is 6.73. The highest BCUT2D eigenvalue weighted by atomic mass is 32.1. The average Bonchev–Trinajstić information content (AvgIpc) is 3.28. The van der Waals surface area contributed by atoms with Gasteiger partial charge in [0.2, 0.25) is 5.95 Å². The third-order valence-electron chi connectivity index (χ3n) is 4.88. The summed E-state index contributed by atoms with van der Waals surface area (Å²) >= 11 is 1.58. The fourth-order valence-corrected chi connectivity index (χ4v) is 4.01. The Morgan fingerprint density at radius 1 is 1.11 bits per heavy atom. The molecule has 0 fully saturated rings. The van der Waals surface area contributed by atoms with Gasteiger partial charge in [-0.1, -0.05) is 18.2 Å². The molecule has 1 amide bonds. The van der Waals surface area contributed by atoms with Crippen molar-refractivity contribution in [3.05, 3.63) is 71.0 Å². The van der Waals surface area contributed by atoms with Crippen molar-refractivity contribution in [3.8, 4) is 10.4 Å². The zero-order valence-electron chi connectivity index (χ0n) is 15.0. The molecule has 0 saturated heterocycles. The molecule has 3 heterocycles. The highest BCUT2D eigenvalue weighted by molar-refractivity contribution is 7.13. The van der Waals surface area contributed by atoms with Gasteiger partial charge in [-0.2, -0.15) is 0 Å². The molecule has 6 nitrogen and oxygen atoms in total. The maximum Gasteiger partial charge on any atom is 0.258 e. The molecule has 1 aliphatic heterocycles. The molecule has 0 unspecified atom stereocenters. The summed E-state index contributed by atoms with van der Waals surface area (Å²) in [6.07, 6.45) is 4.55. The predicted octanol–water partition coefficient (Wildman–Crippen LogP) is 3.65. The largest absolute Gasteiger partial charge is 0.312 e. The van der Waals surface area contributed by atoms with Crippen LogP contribution in [0.15, 0.2) is 54.3 Å². The van der Waals surface area contributed by atoms with Crippen molar-refractivity contribution in [2.45, 2.75) is 13.0 Å². The van der Waals surface area contributed by atoms with Crippen molar-refractivity contribution in [1.29, 1.82) is 0 Å². The van der Waals surface area contributed by atoms with Gasteiger partial charge in [-0.25, -0.2) is 9.97 Å². The Morgan fingerprint density at radius 3 is 2.96 bits per heavy atom. The van der Waals surface area contributed by atoms with Crippen LogP contribution in [0.1, 0.15) is 21.5 Å². The van der Waals surface area contributed by atoms with Crippen molar-refractivity contribution in [1.82, 2.24) is 20.3 Å². The lowest BCUT2D eigenvalue weighted by Gasteiger charge is -2.17. The molecular weight excluding hydrogens is 370 g/mol. The van der Waals surface area contributed by atoms with E-state index >= 15 is 0 Å². The summed E-state index contributed by atoms with van der Waals surface area (Å²) in [5, 5.41) is 7.08. The first-order valence-corrected chi connectivity index (χ1v) is 9.94. The molecule has 0 bridgehead atoms. The summed E-state index contributed by atoms with van der Waals surface area (Å²) in [6.45, 7) is 1.77. The number of nitrogens with zero attached hydrogens (tertiary/aromatic N) is 3. The van der Waals surface area contributed by atoms with E-state index < -0.39 is 0 Å². The van der Waals surface area contributed by atoms with Crippen LogP contribution < -0.4 is 10.6 Å². The van der Waals surface area contributed by atoms with Gasteiger partial charge < -0.3 is 5.32 Å². The standard InChI is InChI=1S/C21H17N5OS/c27-20(15-3-1-13-5-6-22-9-17(13)7-15)26-21-24-10-16-4-2-14(8-18(16)25-21)19-11-23-12-28-19/h1-4,7-8,10-12,22H,5-6,9H2,(H,24,25,26,27). The minimum absolute atomic E-state index is 0.202. The minimum atomic E-state index is -0.202. The predicted molar refractivity (Wildman–Crippen MR) is 110 cm³/mol. The van der Waals surface area contributed by atoms with Gasteiger partial charge in [-0.15, -0.1) is 11.3 Å². The molecule has 0 radical (unpaired) electrons. The van der Waals surface area contributed by atoms with Gasteiger partial charge in [0.25, 0.3) is 5.91 Å². The number of hydrogen-bond acceptors (Lipinski definition) is 6. The molecule has 2 aromatic heterocycles. The number of benzene rings is 2. The molecule has 0 atom stereocenters. The Balaban J connectivity index is 1.42. The molecule has 0 spiro atoms. The number of thiazole rings is 1. The van der Waals surface area contributed by atoms with Gasteiger partial charge in [0, 0.05) is 29.9 Å². The Hall–Kier alpha value is -3.16. The van der Waals surface area contributed by atoms with Crippen LogP contribution in [0.3, 0.4) is 0 Å². The number of nitrogens with one attached hydrogen (secondary N) is 2. The second-order valence-corrected chi connectivity index (χ2v) is 7.58. The van der Waals surface area contributed by atoms with Crippen LogP contribution in [0, 0.1) is 0 Å². The first-order chi connectivity index (χ1) is 13.8. The van der Waals surface area contributed by atoms with Crippen LogP contribution in [0.2, 0.25) is 0 Å². The zero-order valence-corrected chi connectivity index (χ0v) is 15.8. The minimum Gasteiger partial charge on any atom is -0.312 e. The Kier molecular flexibility index (Phi) is 4.31. The van der Waals surface area contributed by atoms with Crippen molar-refractivity contribution >= 4 is 34.1 Å². The van der Waals surface area contributed by atoms with Gasteiger partial charge in [0.1, 0.15) is 0 Å². The summed E-state index contributed by atoms with van der Waals surface area (Å²) in [6, 6.07) is 11.8. The first kappa shape index (κ1) is 17.0. The normalized spacial score (nSPS) is 13.3. The highest BCUT2D eigenvalue weighted by Gasteiger charge is 2.14. The molecule has 5 rings (SSSR count). The summed E-state index contributed by atoms with van der Waals surface area (Å²) in [5.74, 6) is 0.0983. The van der Waals surface area contributed by atoms with Crippen LogP contribution in [0.25, 0.3) is 21.3 Å². The van der Waals surface area contributed by atoms with E-state index in [1.165, 1.54) is 11.1 Å². The number of carbonyl (C=O) groups excluding carboxylic acids is 1. The molecule has 4 aromatic rings. The second kappa shape index (κ2) is 7.10. The number of aromatic nitrogens is 3. The number of fused-ring (bicyclic) bond motifs is 2. The van der Waals surface area contributed by atoms with Crippen LogP contribution >= 0.6 is 11.3 Å². The van der Waals surface area contributed by atoms with E-state index in [1.807, 2.05) is 42.6 Å². The maximum absolute atomic E-state index is 12.7. The van der Waals surface area contributed by atoms with E-state index in [0.29, 0.717) is 11.5 Å². The highest BCUT2D eigenvalue weighted by Crippen LogP contribution is 2.26. The van der Waals surface area contributed by atoms with Crippen molar-refractivity contribution in [2.75, 3.05) is 11.9 Å². The summed E-state index contributed by atoms with van der Waals surface area (Å²) in [7, 11) is 0. The average molecular weight is 387 g/mol. The number of rotatable bonds is 3. The van der Waals surface area contributed by atoms with Gasteiger partial charge in [0.05, 0.1) is 15.9 Å². The number of hydrogen-bond donors (Lipinski definition) is 2. The lowest BCUT2D eigenvalue weighted by atomic mass is 9.98. The van der Waals surface area contributed by atoms with Gasteiger partial charge in [-0.05, 0) is 47.9 Å². The SMILES string of the molecule is O=C(Nc1ncc2ccc(-c3cncs3)cc2n1)c1ccc2c(c1)CNCC2. The topological polar surface area (TPSA) is 79.8 Å². The molecule has 7 heteroatoms. The molecule has 2 aromatic carbocycles. The van der Waals surface area contributed by atoms with E-state index in [0.717, 1.165) is 40.9 Å². The van der Waals surface area contributed by atoms with E-state index in [-0.39, 0.29) is 5.91 Å². The molecule has 28 heavy (non-hydrogen) atoms. The molecule has 1 aliphatic rings. The lowest BCUT2D eigenvalue weighted by molar-refractivity contribution is 0.102. The lowest BCUT2D eigenvalue weighted by Crippen LogP contribution is -2.24. The molecule has 0 saturated carbocycles. The second-order valence-electron chi connectivity index (χ2n) is 6.70. The van der Waals surface area contributed by atoms with Gasteiger partial charge >= 0.3 is 0 Å². The fourth-order valence-electron chi connectivity index (χ4n) is 3.39. The fraction of sp³-hybridized carbons (Fsp3) is 0.143. The molecule has 2 N–H and O–H groups in total. The smallest absolute Gasteiger partial charge is 0.258 e. The Bertz CT molecular complexity index is 1170. The quantitative estimate of drug-likeness (QED) is 0.561. The van der Waals surface area contributed by atoms with Gasteiger partial charge in [0.15, 0.2) is 0 Å². The van der Waals surface area contributed by atoms with E-state index in [1.54, 1.807) is 23.0 Å². The van der Waals surface area contributed by atoms with Crippen molar-refractivity contribution < 1.29 is 4.79 Å². The van der Waals surface area contributed by atoms with Crippen molar-refractivity contribution in [2.24, 2.45) is 0 Å². The van der Waals surface area contributed by atoms with Crippen LogP contribution in [-0.2, 0) is 13.0 Å². The van der Waals surface area contributed by atoms with Crippen molar-refractivity contribution in [3.63, 3.8) is 0 Å². The molecule has 138 valence electrons. The van der Waals surface area contributed by atoms with E-state index in [4.69, 9.17) is 0 Å². The number of amides is 1. The Labute approximate surface area is 165 Å².